The first kappa shape index (κ1) is 9.65. The molecular weight excluding hydrogens is 168 g/mol. The Kier molecular flexibility index (Phi) is 3.66. The van der Waals surface area contributed by atoms with Gasteiger partial charge in [-0.2, -0.15) is 3.97 Å². The molecule has 0 aliphatic carbocycles. The van der Waals surface area contributed by atoms with Gasteiger partial charge in [0.25, 0.3) is 5.82 Å². The molecule has 1 aromatic rings. The van der Waals surface area contributed by atoms with Crippen LogP contribution in [0.3, 0.4) is 0 Å². The molecule has 0 saturated carbocycles. The van der Waals surface area contributed by atoms with Gasteiger partial charge >= 0.3 is 0 Å². The van der Waals surface area contributed by atoms with Crippen LogP contribution in [0.5, 0.6) is 0 Å². The molecule has 3 heteroatoms. The molecule has 1 aromatic heterocycles. The highest BCUT2D eigenvalue weighted by atomic mass is 32.2. The summed E-state index contributed by atoms with van der Waals surface area (Å²) in [7, 11) is 0. The number of aromatic nitrogens is 2. The number of rotatable bonds is 4. The van der Waals surface area contributed by atoms with Crippen molar-refractivity contribution in [2.24, 2.45) is 0 Å². The minimum absolute atomic E-state index is 1.13. The van der Waals surface area contributed by atoms with Crippen LogP contribution in [-0.4, -0.2) is 9.73 Å². The summed E-state index contributed by atoms with van der Waals surface area (Å²) in [5.74, 6) is 2.46. The fourth-order valence-electron chi connectivity index (χ4n) is 1.24. The van der Waals surface area contributed by atoms with Crippen molar-refractivity contribution in [3.63, 3.8) is 0 Å². The van der Waals surface area contributed by atoms with E-state index in [-0.39, 0.29) is 0 Å². The number of imidazole rings is 1. The molecule has 0 aromatic carbocycles. The molecule has 0 bridgehead atoms. The van der Waals surface area contributed by atoms with Crippen molar-refractivity contribution >= 4 is 11.9 Å². The largest absolute Gasteiger partial charge is 0.265 e. The molecule has 0 unspecified atom stereocenters. The smallest absolute Gasteiger partial charge is 0.234 e. The van der Waals surface area contributed by atoms with Crippen LogP contribution in [0.15, 0.2) is 12.4 Å². The molecule has 0 aliphatic heterocycles. The van der Waals surface area contributed by atoms with Gasteiger partial charge in [0, 0.05) is 12.7 Å². The van der Waals surface area contributed by atoms with Crippen molar-refractivity contribution in [3.8, 4) is 0 Å². The average Bonchev–Trinajstić information content (AvgIpc) is 2.38. The van der Waals surface area contributed by atoms with E-state index in [9.17, 15) is 0 Å². The third kappa shape index (κ3) is 2.03. The Labute approximate surface area is 78.7 Å². The Morgan fingerprint density at radius 2 is 2.25 bits per heavy atom. The summed E-state index contributed by atoms with van der Waals surface area (Å²) in [6.07, 6.45) is 5.49. The van der Waals surface area contributed by atoms with Gasteiger partial charge in [-0.3, -0.25) is 0 Å². The van der Waals surface area contributed by atoms with Gasteiger partial charge in [0.1, 0.15) is 12.4 Å². The van der Waals surface area contributed by atoms with E-state index in [4.69, 9.17) is 0 Å². The summed E-state index contributed by atoms with van der Waals surface area (Å²) in [6, 6.07) is 0. The van der Waals surface area contributed by atoms with Gasteiger partial charge in [0.05, 0.1) is 18.5 Å². The molecule has 1 heterocycles. The van der Waals surface area contributed by atoms with E-state index in [2.05, 4.69) is 41.7 Å². The number of aryl methyl sites for hydroxylation is 1. The fraction of sp³-hybridized carbons (Fsp3) is 0.667. The first-order valence-corrected chi connectivity index (χ1v) is 5.44. The van der Waals surface area contributed by atoms with Crippen molar-refractivity contribution in [2.75, 3.05) is 5.75 Å². The van der Waals surface area contributed by atoms with E-state index < -0.39 is 0 Å². The lowest BCUT2D eigenvalue weighted by Gasteiger charge is -1.96. The molecular formula is C9H17N2S+. The fourth-order valence-corrected chi connectivity index (χ4v) is 1.95. The lowest BCUT2D eigenvalue weighted by Crippen LogP contribution is -2.34. The van der Waals surface area contributed by atoms with Crippen molar-refractivity contribution in [2.45, 2.75) is 33.7 Å². The Morgan fingerprint density at radius 3 is 2.83 bits per heavy atom. The van der Waals surface area contributed by atoms with Gasteiger partial charge in [-0.15, -0.1) is 0 Å². The van der Waals surface area contributed by atoms with Crippen LogP contribution in [0, 0.1) is 6.92 Å². The molecule has 0 amide bonds. The molecule has 2 nitrogen and oxygen atoms in total. The van der Waals surface area contributed by atoms with Crippen molar-refractivity contribution in [1.29, 1.82) is 0 Å². The zero-order valence-corrected chi connectivity index (χ0v) is 8.90. The SMILES string of the molecule is CCC[n+]1ccn(SCC)c1C. The summed E-state index contributed by atoms with van der Waals surface area (Å²) in [4.78, 5) is 0. The van der Waals surface area contributed by atoms with Gasteiger partial charge in [-0.1, -0.05) is 13.8 Å². The van der Waals surface area contributed by atoms with E-state index in [1.807, 2.05) is 11.9 Å². The van der Waals surface area contributed by atoms with E-state index in [1.54, 1.807) is 0 Å². The van der Waals surface area contributed by atoms with Crippen LogP contribution < -0.4 is 4.57 Å². The molecule has 0 fully saturated rings. The normalized spacial score (nSPS) is 10.6. The molecule has 0 spiro atoms. The summed E-state index contributed by atoms with van der Waals surface area (Å²) >= 11 is 1.84. The molecule has 68 valence electrons. The van der Waals surface area contributed by atoms with E-state index in [0.29, 0.717) is 0 Å². The lowest BCUT2D eigenvalue weighted by molar-refractivity contribution is -0.701. The minimum Gasteiger partial charge on any atom is -0.234 e. The highest BCUT2D eigenvalue weighted by molar-refractivity contribution is 7.97. The maximum Gasteiger partial charge on any atom is 0.265 e. The molecule has 0 saturated heterocycles. The number of hydrogen-bond acceptors (Lipinski definition) is 1. The molecule has 0 radical (unpaired) electrons. The van der Waals surface area contributed by atoms with Crippen molar-refractivity contribution < 1.29 is 4.57 Å². The second-order valence-corrected chi connectivity index (χ2v) is 4.01. The van der Waals surface area contributed by atoms with Crippen molar-refractivity contribution in [3.05, 3.63) is 18.2 Å². The molecule has 1 rings (SSSR count). The third-order valence-electron chi connectivity index (χ3n) is 1.85. The van der Waals surface area contributed by atoms with Gasteiger partial charge in [-0.05, 0) is 6.42 Å². The molecule has 12 heavy (non-hydrogen) atoms. The zero-order chi connectivity index (χ0) is 8.97. The number of hydrogen-bond donors (Lipinski definition) is 0. The standard InChI is InChI=1S/C9H17N2S/c1-4-6-10-7-8-11(9(10)3)12-5-2/h7-8H,4-6H2,1-3H3/q+1. The maximum absolute atomic E-state index is 2.29. The summed E-state index contributed by atoms with van der Waals surface area (Å²) < 4.78 is 4.53. The predicted octanol–water partition coefficient (Wildman–Crippen LogP) is 2.01. The Hall–Kier alpha value is -0.440. The van der Waals surface area contributed by atoms with Crippen LogP contribution in [0.2, 0.25) is 0 Å². The van der Waals surface area contributed by atoms with Gasteiger partial charge < -0.3 is 0 Å². The summed E-state index contributed by atoms with van der Waals surface area (Å²) in [6.45, 7) is 7.67. The van der Waals surface area contributed by atoms with Crippen LogP contribution >= 0.6 is 11.9 Å². The highest BCUT2D eigenvalue weighted by Crippen LogP contribution is 2.06. The monoisotopic (exact) mass is 185 g/mol. The Bertz CT molecular complexity index is 219. The quantitative estimate of drug-likeness (QED) is 0.652. The van der Waals surface area contributed by atoms with E-state index in [0.717, 1.165) is 12.3 Å². The first-order chi connectivity index (χ1) is 5.79. The van der Waals surface area contributed by atoms with Crippen LogP contribution in [0.1, 0.15) is 26.1 Å². The second kappa shape index (κ2) is 4.55. The Morgan fingerprint density at radius 1 is 1.50 bits per heavy atom. The van der Waals surface area contributed by atoms with Crippen LogP contribution in [-0.2, 0) is 6.54 Å². The summed E-state index contributed by atoms with van der Waals surface area (Å²) in [5.41, 5.74) is 0. The summed E-state index contributed by atoms with van der Waals surface area (Å²) in [5, 5.41) is 0. The molecule has 0 N–H and O–H groups in total. The molecule has 0 atom stereocenters. The highest BCUT2D eigenvalue weighted by Gasteiger charge is 2.10. The zero-order valence-electron chi connectivity index (χ0n) is 8.08. The topological polar surface area (TPSA) is 8.81 Å². The average molecular weight is 185 g/mol. The maximum atomic E-state index is 2.29. The second-order valence-electron chi connectivity index (χ2n) is 2.78. The van der Waals surface area contributed by atoms with Gasteiger partial charge in [0.15, 0.2) is 0 Å². The van der Waals surface area contributed by atoms with Crippen LogP contribution in [0.25, 0.3) is 0 Å². The molecule has 0 aliphatic rings. The Balaban J connectivity index is 2.74. The first-order valence-electron chi connectivity index (χ1n) is 4.50. The lowest BCUT2D eigenvalue weighted by atomic mass is 10.5. The van der Waals surface area contributed by atoms with Gasteiger partial charge in [0.2, 0.25) is 0 Å². The minimum atomic E-state index is 1.13. The van der Waals surface area contributed by atoms with E-state index in [1.165, 1.54) is 12.2 Å². The van der Waals surface area contributed by atoms with Gasteiger partial charge in [-0.25, -0.2) is 4.57 Å². The third-order valence-corrected chi connectivity index (χ3v) is 2.77. The van der Waals surface area contributed by atoms with Crippen molar-refractivity contribution in [1.82, 2.24) is 3.97 Å². The van der Waals surface area contributed by atoms with E-state index >= 15 is 0 Å². The predicted molar refractivity (Wildman–Crippen MR) is 53.2 cm³/mol. The van der Waals surface area contributed by atoms with Crippen LogP contribution in [0.4, 0.5) is 0 Å². The number of nitrogens with zero attached hydrogens (tertiary/aromatic N) is 2.